The van der Waals surface area contributed by atoms with Crippen molar-refractivity contribution in [2.24, 2.45) is 5.41 Å². The second kappa shape index (κ2) is 12.6. The van der Waals surface area contributed by atoms with Crippen LogP contribution in [-0.4, -0.2) is 59.8 Å². The first kappa shape index (κ1) is 27.7. The van der Waals surface area contributed by atoms with Crippen molar-refractivity contribution >= 4 is 29.5 Å². The summed E-state index contributed by atoms with van der Waals surface area (Å²) in [4.78, 5) is 37.9. The highest BCUT2D eigenvalue weighted by Gasteiger charge is 2.44. The molecular weight excluding hydrogens is 532 g/mol. The molecule has 1 aromatic heterocycles. The SMILES string of the molecule is CCOC(=O)C1(COc2ccc3c(c2)CN(C(=O)OCc2ccccc2)CC3)CCN(c2ccnc(Cl)n2)CC1. The number of rotatable bonds is 8. The van der Waals surface area contributed by atoms with Crippen LogP contribution in [0.5, 0.6) is 5.75 Å². The molecular formula is C30H33ClN4O5. The van der Waals surface area contributed by atoms with Crippen LogP contribution in [0.2, 0.25) is 5.28 Å². The quantitative estimate of drug-likeness (QED) is 0.277. The van der Waals surface area contributed by atoms with Crippen LogP contribution < -0.4 is 9.64 Å². The lowest BCUT2D eigenvalue weighted by Gasteiger charge is -2.40. The van der Waals surface area contributed by atoms with Crippen molar-refractivity contribution in [1.82, 2.24) is 14.9 Å². The molecule has 40 heavy (non-hydrogen) atoms. The summed E-state index contributed by atoms with van der Waals surface area (Å²) in [5.41, 5.74) is 2.37. The van der Waals surface area contributed by atoms with E-state index >= 15 is 0 Å². The Hall–Kier alpha value is -3.85. The monoisotopic (exact) mass is 564 g/mol. The summed E-state index contributed by atoms with van der Waals surface area (Å²) in [6.07, 6.45) is 3.14. The van der Waals surface area contributed by atoms with Crippen molar-refractivity contribution in [3.05, 3.63) is 82.8 Å². The summed E-state index contributed by atoms with van der Waals surface area (Å²) in [5.74, 6) is 1.15. The number of carbonyl (C=O) groups is 2. The lowest BCUT2D eigenvalue weighted by molar-refractivity contribution is -0.159. The molecule has 1 amide bonds. The average Bonchev–Trinajstić information content (AvgIpc) is 2.99. The standard InChI is InChI=1S/C30H33ClN4O5/c1-2-38-27(36)30(12-16-34(17-13-30)26-10-14-32-28(31)33-26)21-40-25-9-8-23-11-15-35(19-24(23)18-25)29(37)39-20-22-6-4-3-5-7-22/h3-10,14,18H,2,11-13,15-17,19-21H2,1H3. The molecule has 9 nitrogen and oxygen atoms in total. The Bertz CT molecular complexity index is 1330. The molecule has 3 heterocycles. The van der Waals surface area contributed by atoms with E-state index < -0.39 is 5.41 Å². The van der Waals surface area contributed by atoms with Crippen LogP contribution in [0.25, 0.3) is 0 Å². The van der Waals surface area contributed by atoms with Gasteiger partial charge in [0.2, 0.25) is 5.28 Å². The topological polar surface area (TPSA) is 94.1 Å². The number of hydrogen-bond acceptors (Lipinski definition) is 8. The zero-order chi connectivity index (χ0) is 28.0. The second-order valence-electron chi connectivity index (χ2n) is 10.1. The van der Waals surface area contributed by atoms with Gasteiger partial charge >= 0.3 is 12.1 Å². The van der Waals surface area contributed by atoms with Gasteiger partial charge in [0.05, 0.1) is 6.61 Å². The Balaban J connectivity index is 1.22. The van der Waals surface area contributed by atoms with Crippen molar-refractivity contribution in [2.75, 3.05) is 37.7 Å². The fourth-order valence-electron chi connectivity index (χ4n) is 5.17. The summed E-state index contributed by atoms with van der Waals surface area (Å²) in [6.45, 7) is 4.82. The van der Waals surface area contributed by atoms with Crippen molar-refractivity contribution < 1.29 is 23.8 Å². The minimum atomic E-state index is -0.771. The number of esters is 1. The van der Waals surface area contributed by atoms with E-state index in [1.54, 1.807) is 11.1 Å². The predicted molar refractivity (Wildman–Crippen MR) is 150 cm³/mol. The average molecular weight is 565 g/mol. The highest BCUT2D eigenvalue weighted by atomic mass is 35.5. The number of piperidine rings is 1. The number of anilines is 1. The van der Waals surface area contributed by atoms with Gasteiger partial charge in [0.1, 0.15) is 30.2 Å². The molecule has 3 aromatic rings. The Labute approximate surface area is 239 Å². The van der Waals surface area contributed by atoms with Crippen LogP contribution in [0.3, 0.4) is 0 Å². The van der Waals surface area contributed by atoms with E-state index in [1.807, 2.05) is 61.5 Å². The minimum Gasteiger partial charge on any atom is -0.492 e. The number of benzene rings is 2. The van der Waals surface area contributed by atoms with Gasteiger partial charge < -0.3 is 24.0 Å². The van der Waals surface area contributed by atoms with Gasteiger partial charge in [-0.1, -0.05) is 36.4 Å². The third-order valence-corrected chi connectivity index (χ3v) is 7.72. The number of ether oxygens (including phenoxy) is 3. The summed E-state index contributed by atoms with van der Waals surface area (Å²) in [5, 5.41) is 0.193. The first-order valence-electron chi connectivity index (χ1n) is 13.6. The normalized spacial score (nSPS) is 16.1. The molecule has 0 spiro atoms. The number of carbonyl (C=O) groups excluding carboxylic acids is 2. The molecule has 0 N–H and O–H groups in total. The molecule has 1 fully saturated rings. The molecule has 5 rings (SSSR count). The fourth-order valence-corrected chi connectivity index (χ4v) is 5.31. The molecule has 0 aliphatic carbocycles. The summed E-state index contributed by atoms with van der Waals surface area (Å²) in [6, 6.07) is 17.4. The summed E-state index contributed by atoms with van der Waals surface area (Å²) in [7, 11) is 0. The first-order valence-corrected chi connectivity index (χ1v) is 13.9. The molecule has 2 aliphatic heterocycles. The van der Waals surface area contributed by atoms with E-state index in [4.69, 9.17) is 25.8 Å². The predicted octanol–water partition coefficient (Wildman–Crippen LogP) is 5.05. The van der Waals surface area contributed by atoms with Crippen LogP contribution in [0, 0.1) is 5.41 Å². The van der Waals surface area contributed by atoms with Crippen molar-refractivity contribution in [3.8, 4) is 5.75 Å². The number of fused-ring (bicyclic) bond motifs is 1. The number of amides is 1. The summed E-state index contributed by atoms with van der Waals surface area (Å²) < 4.78 is 17.3. The molecule has 0 bridgehead atoms. The minimum absolute atomic E-state index is 0.193. The molecule has 0 atom stereocenters. The van der Waals surface area contributed by atoms with Gasteiger partial charge in [0.25, 0.3) is 0 Å². The molecule has 1 saturated heterocycles. The molecule has 0 radical (unpaired) electrons. The largest absolute Gasteiger partial charge is 0.492 e. The van der Waals surface area contributed by atoms with E-state index in [0.717, 1.165) is 23.4 Å². The van der Waals surface area contributed by atoms with Crippen LogP contribution in [0.1, 0.15) is 36.5 Å². The summed E-state index contributed by atoms with van der Waals surface area (Å²) >= 11 is 5.98. The van der Waals surface area contributed by atoms with E-state index in [0.29, 0.717) is 51.4 Å². The van der Waals surface area contributed by atoms with Gasteiger partial charge in [-0.3, -0.25) is 4.79 Å². The second-order valence-corrected chi connectivity index (χ2v) is 10.4. The smallest absolute Gasteiger partial charge is 0.410 e. The zero-order valence-electron chi connectivity index (χ0n) is 22.6. The van der Waals surface area contributed by atoms with Crippen LogP contribution in [0.4, 0.5) is 10.6 Å². The molecule has 10 heteroatoms. The highest BCUT2D eigenvalue weighted by Crippen LogP contribution is 2.36. The van der Waals surface area contributed by atoms with Crippen molar-refractivity contribution in [2.45, 2.75) is 39.3 Å². The van der Waals surface area contributed by atoms with Crippen LogP contribution >= 0.6 is 11.6 Å². The van der Waals surface area contributed by atoms with Gasteiger partial charge in [-0.05, 0) is 72.7 Å². The highest BCUT2D eigenvalue weighted by molar-refractivity contribution is 6.28. The first-order chi connectivity index (χ1) is 19.5. The lowest BCUT2D eigenvalue weighted by Crippen LogP contribution is -2.48. The maximum atomic E-state index is 13.1. The molecule has 0 saturated carbocycles. The number of nitrogens with zero attached hydrogens (tertiary/aromatic N) is 4. The Morgan fingerprint density at radius 2 is 1.80 bits per heavy atom. The molecule has 210 valence electrons. The maximum Gasteiger partial charge on any atom is 0.410 e. The maximum absolute atomic E-state index is 13.1. The Morgan fingerprint density at radius 1 is 1.00 bits per heavy atom. The van der Waals surface area contributed by atoms with E-state index in [9.17, 15) is 9.59 Å². The van der Waals surface area contributed by atoms with Gasteiger partial charge in [-0.2, -0.15) is 0 Å². The van der Waals surface area contributed by atoms with Gasteiger partial charge in [-0.25, -0.2) is 14.8 Å². The van der Waals surface area contributed by atoms with Gasteiger partial charge in [-0.15, -0.1) is 0 Å². The van der Waals surface area contributed by atoms with Gasteiger partial charge in [0, 0.05) is 32.4 Å². The lowest BCUT2D eigenvalue weighted by atomic mass is 9.79. The van der Waals surface area contributed by atoms with E-state index in [1.165, 1.54) is 5.56 Å². The Kier molecular flexibility index (Phi) is 8.69. The van der Waals surface area contributed by atoms with E-state index in [2.05, 4.69) is 14.9 Å². The number of hydrogen-bond donors (Lipinski definition) is 0. The molecule has 2 aromatic carbocycles. The molecule has 2 aliphatic rings. The third kappa shape index (κ3) is 6.47. The van der Waals surface area contributed by atoms with Crippen LogP contribution in [-0.2, 0) is 33.8 Å². The van der Waals surface area contributed by atoms with Crippen molar-refractivity contribution in [3.63, 3.8) is 0 Å². The zero-order valence-corrected chi connectivity index (χ0v) is 23.3. The van der Waals surface area contributed by atoms with E-state index in [-0.39, 0.29) is 30.6 Å². The number of halogens is 1. The Morgan fingerprint density at radius 3 is 2.55 bits per heavy atom. The van der Waals surface area contributed by atoms with Gasteiger partial charge in [0.15, 0.2) is 0 Å². The van der Waals surface area contributed by atoms with Crippen molar-refractivity contribution in [1.29, 1.82) is 0 Å². The third-order valence-electron chi connectivity index (χ3n) is 7.53. The number of aromatic nitrogens is 2. The molecule has 0 unspecified atom stereocenters. The fraction of sp³-hybridized carbons (Fsp3) is 0.400. The van der Waals surface area contributed by atoms with Crippen LogP contribution in [0.15, 0.2) is 60.8 Å².